The van der Waals surface area contributed by atoms with Gasteiger partial charge in [0.05, 0.1) is 5.57 Å². The number of aromatic nitrogens is 1. The second-order valence-electron chi connectivity index (χ2n) is 3.38. The average molecular weight is 231 g/mol. The highest BCUT2D eigenvalue weighted by atomic mass is 16.5. The fourth-order valence-corrected chi connectivity index (χ4v) is 1.42. The van der Waals surface area contributed by atoms with Crippen molar-refractivity contribution in [2.75, 3.05) is 6.61 Å². The first-order valence-corrected chi connectivity index (χ1v) is 4.94. The van der Waals surface area contributed by atoms with E-state index in [4.69, 9.17) is 14.7 Å². The fraction of sp³-hybridized carbons (Fsp3) is 0.167. The zero-order valence-electron chi connectivity index (χ0n) is 8.80. The molecule has 17 heavy (non-hydrogen) atoms. The third-order valence-corrected chi connectivity index (χ3v) is 2.26. The van der Waals surface area contributed by atoms with Crippen LogP contribution < -0.4 is 0 Å². The third kappa shape index (κ3) is 2.27. The number of aliphatic hydroxyl groups excluding tert-OH is 1. The van der Waals surface area contributed by atoms with Crippen LogP contribution in [0.3, 0.4) is 0 Å². The quantitative estimate of drug-likeness (QED) is 0.753. The molecule has 86 valence electrons. The number of carboxylic acids is 1. The van der Waals surface area contributed by atoms with Crippen LogP contribution in [0.4, 0.5) is 0 Å². The Labute approximate surface area is 96.7 Å². The van der Waals surface area contributed by atoms with E-state index in [0.29, 0.717) is 17.7 Å². The van der Waals surface area contributed by atoms with E-state index in [0.717, 1.165) is 5.56 Å². The van der Waals surface area contributed by atoms with E-state index in [1.54, 1.807) is 6.08 Å². The molecule has 1 aliphatic carbocycles. The lowest BCUT2D eigenvalue weighted by Gasteiger charge is -1.99. The number of carboxylic acid groups (broad SMARTS) is 1. The van der Waals surface area contributed by atoms with Gasteiger partial charge >= 0.3 is 5.97 Å². The molecule has 0 amide bonds. The molecule has 5 nitrogen and oxygen atoms in total. The van der Waals surface area contributed by atoms with Gasteiger partial charge in [-0.1, -0.05) is 16.6 Å². The molecule has 0 bridgehead atoms. The molecule has 0 unspecified atom stereocenters. The molecule has 2 N–H and O–H groups in total. The van der Waals surface area contributed by atoms with Crippen molar-refractivity contribution < 1.29 is 19.5 Å². The molecule has 0 aromatic carbocycles. The highest BCUT2D eigenvalue weighted by molar-refractivity contribution is 5.92. The molecule has 0 spiro atoms. The van der Waals surface area contributed by atoms with Crippen molar-refractivity contribution >= 4 is 11.5 Å². The molecule has 0 saturated heterocycles. The summed E-state index contributed by atoms with van der Waals surface area (Å²) in [6.45, 7) is -0.00879. The Balaban J connectivity index is 2.43. The van der Waals surface area contributed by atoms with Gasteiger partial charge in [-0.25, -0.2) is 4.79 Å². The molecule has 1 heterocycles. The van der Waals surface area contributed by atoms with Crippen LogP contribution in [-0.2, 0) is 11.2 Å². The van der Waals surface area contributed by atoms with Crippen molar-refractivity contribution in [3.8, 4) is 0 Å². The van der Waals surface area contributed by atoms with Gasteiger partial charge in [0, 0.05) is 18.6 Å². The number of rotatable bonds is 4. The molecule has 0 radical (unpaired) electrons. The van der Waals surface area contributed by atoms with Crippen LogP contribution in [0.1, 0.15) is 11.3 Å². The normalized spacial score (nSPS) is 13.5. The van der Waals surface area contributed by atoms with Gasteiger partial charge in [0.15, 0.2) is 0 Å². The van der Waals surface area contributed by atoms with Crippen molar-refractivity contribution in [2.24, 2.45) is 0 Å². The van der Waals surface area contributed by atoms with Crippen molar-refractivity contribution in [3.63, 3.8) is 0 Å². The summed E-state index contributed by atoms with van der Waals surface area (Å²) in [6, 6.07) is 0. The molecule has 1 aromatic heterocycles. The van der Waals surface area contributed by atoms with Crippen LogP contribution in [-0.4, -0.2) is 27.9 Å². The SMILES string of the molecule is O=C(O)C1=C=C=C(c2nocc2CCO)C=C1. The molecular weight excluding hydrogens is 222 g/mol. The maximum Gasteiger partial charge on any atom is 0.344 e. The fourth-order valence-electron chi connectivity index (χ4n) is 1.42. The van der Waals surface area contributed by atoms with E-state index in [-0.39, 0.29) is 12.2 Å². The van der Waals surface area contributed by atoms with Gasteiger partial charge < -0.3 is 14.7 Å². The van der Waals surface area contributed by atoms with E-state index >= 15 is 0 Å². The van der Waals surface area contributed by atoms with E-state index in [9.17, 15) is 4.79 Å². The summed E-state index contributed by atoms with van der Waals surface area (Å²) in [6.07, 6.45) is 4.88. The molecule has 1 aromatic rings. The lowest BCUT2D eigenvalue weighted by molar-refractivity contribution is -0.132. The van der Waals surface area contributed by atoms with Gasteiger partial charge in [-0.05, 0) is 12.2 Å². The van der Waals surface area contributed by atoms with Crippen molar-refractivity contribution in [3.05, 3.63) is 46.7 Å². The van der Waals surface area contributed by atoms with Crippen molar-refractivity contribution in [2.45, 2.75) is 6.42 Å². The minimum absolute atomic E-state index is 0.00879. The van der Waals surface area contributed by atoms with Crippen LogP contribution >= 0.6 is 0 Å². The Morgan fingerprint density at radius 1 is 1.41 bits per heavy atom. The zero-order chi connectivity index (χ0) is 12.3. The molecule has 0 fully saturated rings. The lowest BCUT2D eigenvalue weighted by atomic mass is 10.0. The topological polar surface area (TPSA) is 83.6 Å². The van der Waals surface area contributed by atoms with Gasteiger partial charge in [0.1, 0.15) is 17.5 Å². The number of nitrogens with zero attached hydrogens (tertiary/aromatic N) is 1. The molecule has 0 saturated carbocycles. The molecule has 5 heteroatoms. The Morgan fingerprint density at radius 3 is 2.82 bits per heavy atom. The van der Waals surface area contributed by atoms with Gasteiger partial charge in [-0.3, -0.25) is 0 Å². The number of aliphatic carboxylic acids is 1. The van der Waals surface area contributed by atoms with E-state index in [1.165, 1.54) is 12.3 Å². The zero-order valence-corrected chi connectivity index (χ0v) is 8.80. The van der Waals surface area contributed by atoms with Gasteiger partial charge in [-0.15, -0.1) is 0 Å². The van der Waals surface area contributed by atoms with E-state index in [1.807, 2.05) is 0 Å². The first kappa shape index (κ1) is 11.2. The monoisotopic (exact) mass is 231 g/mol. The van der Waals surface area contributed by atoms with Crippen LogP contribution in [0.25, 0.3) is 5.57 Å². The lowest BCUT2D eigenvalue weighted by Crippen LogP contribution is -1.98. The number of hydrogen-bond acceptors (Lipinski definition) is 4. The minimum atomic E-state index is -1.05. The van der Waals surface area contributed by atoms with Crippen LogP contribution in [0.15, 0.2) is 40.0 Å². The number of allylic oxidation sites excluding steroid dienone is 2. The van der Waals surface area contributed by atoms with Crippen molar-refractivity contribution in [1.29, 1.82) is 0 Å². The Hall–Kier alpha value is -2.32. The largest absolute Gasteiger partial charge is 0.477 e. The number of hydrogen-bond donors (Lipinski definition) is 2. The Morgan fingerprint density at radius 2 is 2.24 bits per heavy atom. The van der Waals surface area contributed by atoms with Gasteiger partial charge in [-0.2, -0.15) is 0 Å². The molecule has 0 atom stereocenters. The summed E-state index contributed by atoms with van der Waals surface area (Å²) in [4.78, 5) is 10.6. The van der Waals surface area contributed by atoms with Crippen LogP contribution in [0, 0.1) is 0 Å². The predicted molar refractivity (Wildman–Crippen MR) is 58.0 cm³/mol. The number of carbonyl (C=O) groups is 1. The average Bonchev–Trinajstić information content (AvgIpc) is 2.78. The standard InChI is InChI=1S/C12H9NO4/c14-6-5-10-7-17-13-11(10)8-1-3-9(4-2-8)12(15)16/h1,3,7,14H,5-6H2,(H,15,16). The summed E-state index contributed by atoms with van der Waals surface area (Å²) in [5.41, 5.74) is 7.17. The van der Waals surface area contributed by atoms with E-state index < -0.39 is 5.97 Å². The smallest absolute Gasteiger partial charge is 0.344 e. The van der Waals surface area contributed by atoms with Crippen LogP contribution in [0.2, 0.25) is 0 Å². The third-order valence-electron chi connectivity index (χ3n) is 2.26. The highest BCUT2D eigenvalue weighted by Gasteiger charge is 2.12. The summed E-state index contributed by atoms with van der Waals surface area (Å²) < 4.78 is 4.82. The first-order chi connectivity index (χ1) is 8.22. The first-order valence-electron chi connectivity index (χ1n) is 4.94. The van der Waals surface area contributed by atoms with E-state index in [2.05, 4.69) is 16.6 Å². The van der Waals surface area contributed by atoms with Crippen molar-refractivity contribution in [1.82, 2.24) is 5.16 Å². The predicted octanol–water partition coefficient (Wildman–Crippen LogP) is 0.928. The molecule has 2 rings (SSSR count). The highest BCUT2D eigenvalue weighted by Crippen LogP contribution is 2.20. The maximum atomic E-state index is 10.6. The summed E-state index contributed by atoms with van der Waals surface area (Å²) >= 11 is 0. The Bertz CT molecular complexity index is 581. The maximum absolute atomic E-state index is 10.6. The Kier molecular flexibility index (Phi) is 3.08. The summed E-state index contributed by atoms with van der Waals surface area (Å²) in [5.74, 6) is -1.05. The van der Waals surface area contributed by atoms with Gasteiger partial charge in [0.25, 0.3) is 0 Å². The molecule has 0 aliphatic heterocycles. The van der Waals surface area contributed by atoms with Crippen LogP contribution in [0.5, 0.6) is 0 Å². The van der Waals surface area contributed by atoms with Gasteiger partial charge in [0.2, 0.25) is 0 Å². The second-order valence-corrected chi connectivity index (χ2v) is 3.38. The minimum Gasteiger partial charge on any atom is -0.477 e. The summed E-state index contributed by atoms with van der Waals surface area (Å²) in [5, 5.41) is 21.4. The second kappa shape index (κ2) is 4.68. The molecule has 1 aliphatic rings. The molecular formula is C12H9NO4. The summed E-state index contributed by atoms with van der Waals surface area (Å²) in [7, 11) is 0. The number of aliphatic hydroxyl groups is 1.